The van der Waals surface area contributed by atoms with Crippen molar-refractivity contribution in [1.82, 2.24) is 4.72 Å². The van der Waals surface area contributed by atoms with Gasteiger partial charge in [-0.05, 0) is 25.1 Å². The van der Waals surface area contributed by atoms with Crippen LogP contribution in [0.5, 0.6) is 5.75 Å². The van der Waals surface area contributed by atoms with E-state index in [2.05, 4.69) is 4.72 Å². The molecule has 7 nitrogen and oxygen atoms in total. The number of carboxylic acid groups (broad SMARTS) is 1. The first-order chi connectivity index (χ1) is 8.81. The van der Waals surface area contributed by atoms with Gasteiger partial charge < -0.3 is 14.9 Å². The third-order valence-electron chi connectivity index (χ3n) is 2.33. The number of aliphatic hydroxyl groups excluding tert-OH is 1. The molecule has 1 atom stereocenters. The maximum absolute atomic E-state index is 12.0. The van der Waals surface area contributed by atoms with Crippen LogP contribution in [0.1, 0.15) is 17.3 Å². The van der Waals surface area contributed by atoms with Crippen molar-refractivity contribution in [3.63, 3.8) is 0 Å². The molecule has 1 aromatic rings. The monoisotopic (exact) mass is 289 g/mol. The molecule has 0 fully saturated rings. The van der Waals surface area contributed by atoms with Gasteiger partial charge in [0.15, 0.2) is 0 Å². The number of carboxylic acids is 1. The van der Waals surface area contributed by atoms with Crippen molar-refractivity contribution >= 4 is 16.0 Å². The summed E-state index contributed by atoms with van der Waals surface area (Å²) in [4.78, 5) is 10.6. The van der Waals surface area contributed by atoms with Crippen LogP contribution in [0.4, 0.5) is 0 Å². The van der Waals surface area contributed by atoms with Crippen molar-refractivity contribution in [2.75, 3.05) is 13.7 Å². The van der Waals surface area contributed by atoms with Crippen molar-refractivity contribution in [2.45, 2.75) is 17.9 Å². The Morgan fingerprint density at radius 1 is 1.47 bits per heavy atom. The number of carbonyl (C=O) groups is 1. The molecule has 0 saturated carbocycles. The van der Waals surface area contributed by atoms with Crippen LogP contribution >= 0.6 is 0 Å². The minimum Gasteiger partial charge on any atom is -0.495 e. The predicted octanol–water partition coefficient (Wildman–Crippen LogP) is 0.0525. The fraction of sp³-hybridized carbons (Fsp3) is 0.364. The van der Waals surface area contributed by atoms with Gasteiger partial charge in [-0.2, -0.15) is 0 Å². The second kappa shape index (κ2) is 6.00. The molecule has 0 amide bonds. The minimum absolute atomic E-state index is 0.0717. The smallest absolute Gasteiger partial charge is 0.335 e. The fourth-order valence-corrected chi connectivity index (χ4v) is 2.77. The summed E-state index contributed by atoms with van der Waals surface area (Å²) in [6, 6.07) is 2.78. The first-order valence-corrected chi connectivity index (χ1v) is 6.84. The van der Waals surface area contributed by atoms with E-state index in [1.807, 2.05) is 0 Å². The lowest BCUT2D eigenvalue weighted by atomic mass is 10.2. The predicted molar refractivity (Wildman–Crippen MR) is 66.8 cm³/mol. The molecule has 0 aliphatic heterocycles. The third kappa shape index (κ3) is 3.66. The first-order valence-electron chi connectivity index (χ1n) is 5.36. The molecule has 0 aliphatic rings. The van der Waals surface area contributed by atoms with Crippen LogP contribution in [0.3, 0.4) is 0 Å². The van der Waals surface area contributed by atoms with Gasteiger partial charge in [0.25, 0.3) is 0 Å². The SMILES string of the molecule is COc1cc(C(=O)O)ccc1S(=O)(=O)NC(C)CO. The van der Waals surface area contributed by atoms with Crippen LogP contribution in [0.25, 0.3) is 0 Å². The highest BCUT2D eigenvalue weighted by atomic mass is 32.2. The van der Waals surface area contributed by atoms with Gasteiger partial charge in [0.05, 0.1) is 19.3 Å². The lowest BCUT2D eigenvalue weighted by Gasteiger charge is -2.14. The molecule has 0 radical (unpaired) electrons. The van der Waals surface area contributed by atoms with E-state index in [-0.39, 0.29) is 22.8 Å². The van der Waals surface area contributed by atoms with Gasteiger partial charge in [-0.25, -0.2) is 17.9 Å². The number of rotatable bonds is 6. The number of nitrogens with one attached hydrogen (secondary N) is 1. The van der Waals surface area contributed by atoms with E-state index >= 15 is 0 Å². The van der Waals surface area contributed by atoms with Crippen LogP contribution in [-0.2, 0) is 10.0 Å². The number of sulfonamides is 1. The van der Waals surface area contributed by atoms with Crippen molar-refractivity contribution in [3.8, 4) is 5.75 Å². The maximum Gasteiger partial charge on any atom is 0.335 e. The Bertz CT molecular complexity index is 569. The molecule has 3 N–H and O–H groups in total. The Hall–Kier alpha value is -1.64. The normalized spacial score (nSPS) is 13.0. The molecule has 0 spiro atoms. The number of aliphatic hydroxyl groups is 1. The van der Waals surface area contributed by atoms with Crippen LogP contribution in [-0.4, -0.2) is 44.4 Å². The molecule has 19 heavy (non-hydrogen) atoms. The van der Waals surface area contributed by atoms with Gasteiger partial charge in [-0.3, -0.25) is 0 Å². The summed E-state index contributed by atoms with van der Waals surface area (Å²) in [6.45, 7) is 1.14. The molecular formula is C11H15NO6S. The van der Waals surface area contributed by atoms with E-state index in [4.69, 9.17) is 14.9 Å². The molecule has 0 saturated heterocycles. The van der Waals surface area contributed by atoms with Gasteiger partial charge in [-0.15, -0.1) is 0 Å². The van der Waals surface area contributed by atoms with Crippen molar-refractivity contribution in [2.24, 2.45) is 0 Å². The van der Waals surface area contributed by atoms with Gasteiger partial charge in [0.2, 0.25) is 10.0 Å². The molecule has 0 bridgehead atoms. The lowest BCUT2D eigenvalue weighted by molar-refractivity contribution is 0.0696. The summed E-state index contributed by atoms with van der Waals surface area (Å²) in [5, 5.41) is 17.7. The molecule has 0 aliphatic carbocycles. The molecule has 106 valence electrons. The Morgan fingerprint density at radius 2 is 2.11 bits per heavy atom. The van der Waals surface area contributed by atoms with Gasteiger partial charge >= 0.3 is 5.97 Å². The van der Waals surface area contributed by atoms with E-state index in [1.165, 1.54) is 20.1 Å². The Labute approximate surface area is 110 Å². The number of ether oxygens (including phenoxy) is 1. The molecule has 1 unspecified atom stereocenters. The molecule has 8 heteroatoms. The van der Waals surface area contributed by atoms with Crippen LogP contribution in [0, 0.1) is 0 Å². The highest BCUT2D eigenvalue weighted by molar-refractivity contribution is 7.89. The molecule has 0 heterocycles. The second-order valence-corrected chi connectivity index (χ2v) is 5.56. The topological polar surface area (TPSA) is 113 Å². The zero-order valence-electron chi connectivity index (χ0n) is 10.5. The van der Waals surface area contributed by atoms with Crippen LogP contribution in [0.2, 0.25) is 0 Å². The Morgan fingerprint density at radius 3 is 2.58 bits per heavy atom. The largest absolute Gasteiger partial charge is 0.495 e. The van der Waals surface area contributed by atoms with Crippen molar-refractivity contribution in [1.29, 1.82) is 0 Å². The second-order valence-electron chi connectivity index (χ2n) is 3.88. The van der Waals surface area contributed by atoms with E-state index in [9.17, 15) is 13.2 Å². The van der Waals surface area contributed by atoms with Crippen LogP contribution < -0.4 is 9.46 Å². The molecule has 0 aromatic heterocycles. The summed E-state index contributed by atoms with van der Waals surface area (Å²) in [5.41, 5.74) is -0.0778. The number of hydrogen-bond acceptors (Lipinski definition) is 5. The van der Waals surface area contributed by atoms with E-state index < -0.39 is 22.0 Å². The fourth-order valence-electron chi connectivity index (χ4n) is 1.39. The molecular weight excluding hydrogens is 274 g/mol. The number of aromatic carboxylic acids is 1. The average molecular weight is 289 g/mol. The van der Waals surface area contributed by atoms with Crippen LogP contribution in [0.15, 0.2) is 23.1 Å². The zero-order valence-corrected chi connectivity index (χ0v) is 11.3. The maximum atomic E-state index is 12.0. The summed E-state index contributed by atoms with van der Waals surface area (Å²) < 4.78 is 31.2. The quantitative estimate of drug-likeness (QED) is 0.682. The average Bonchev–Trinajstić information content (AvgIpc) is 2.37. The number of methoxy groups -OCH3 is 1. The van der Waals surface area contributed by atoms with E-state index in [1.54, 1.807) is 0 Å². The minimum atomic E-state index is -3.88. The van der Waals surface area contributed by atoms with Crippen molar-refractivity contribution < 1.29 is 28.2 Å². The summed E-state index contributed by atoms with van der Waals surface area (Å²) in [6.07, 6.45) is 0. The Balaban J connectivity index is 3.23. The molecule has 1 aromatic carbocycles. The van der Waals surface area contributed by atoms with Gasteiger partial charge in [0, 0.05) is 6.04 Å². The number of hydrogen-bond donors (Lipinski definition) is 3. The lowest BCUT2D eigenvalue weighted by Crippen LogP contribution is -2.35. The summed E-state index contributed by atoms with van der Waals surface area (Å²) in [5.74, 6) is -1.25. The standard InChI is InChI=1S/C11H15NO6S/c1-7(6-13)12-19(16,17)10-4-3-8(11(14)15)5-9(10)18-2/h3-5,7,12-13H,6H2,1-2H3,(H,14,15). The molecule has 1 rings (SSSR count). The third-order valence-corrected chi connectivity index (χ3v) is 3.96. The highest BCUT2D eigenvalue weighted by Crippen LogP contribution is 2.25. The zero-order chi connectivity index (χ0) is 14.6. The highest BCUT2D eigenvalue weighted by Gasteiger charge is 2.22. The van der Waals surface area contributed by atoms with E-state index in [0.29, 0.717) is 0 Å². The van der Waals surface area contributed by atoms with Gasteiger partial charge in [0.1, 0.15) is 10.6 Å². The van der Waals surface area contributed by atoms with Crippen molar-refractivity contribution in [3.05, 3.63) is 23.8 Å². The van der Waals surface area contributed by atoms with E-state index in [0.717, 1.165) is 12.1 Å². The summed E-state index contributed by atoms with van der Waals surface area (Å²) in [7, 11) is -2.64. The number of benzene rings is 1. The first kappa shape index (κ1) is 15.4. The summed E-state index contributed by atoms with van der Waals surface area (Å²) >= 11 is 0. The Kier molecular flexibility index (Phi) is 4.87. The van der Waals surface area contributed by atoms with Gasteiger partial charge in [-0.1, -0.05) is 0 Å².